The minimum Gasteiger partial charge on any atom is -0.482 e. The highest BCUT2D eigenvalue weighted by molar-refractivity contribution is 5.99. The molecule has 0 fully saturated rings. The Labute approximate surface area is 156 Å². The number of hydrogen-bond donors (Lipinski definition) is 1. The Kier molecular flexibility index (Phi) is 5.48. The highest BCUT2D eigenvalue weighted by Crippen LogP contribution is 2.34. The fraction of sp³-hybridized carbons (Fsp3) is 0.286. The van der Waals surface area contributed by atoms with Gasteiger partial charge in [0.1, 0.15) is 12.2 Å². The lowest BCUT2D eigenvalue weighted by Crippen LogP contribution is -2.18. The molecule has 0 aliphatic carbocycles. The molecule has 0 atom stereocenters. The summed E-state index contributed by atoms with van der Waals surface area (Å²) in [7, 11) is 0. The van der Waals surface area contributed by atoms with Crippen molar-refractivity contribution < 1.29 is 23.7 Å². The molecule has 0 unspecified atom stereocenters. The standard InChI is InChI=1S/C21H22O6/c1-14(5-4-10-21(2,3)27-23)8-11-25-20-18-16(9-12-24-18)13-15-6-7-17(22)26-19(15)20/h4,6-10,12-13,23H,5,11H2,1-3H3/b10-4+,14-8+. The average Bonchev–Trinajstić information content (AvgIpc) is 3.09. The molecule has 6 heteroatoms. The van der Waals surface area contributed by atoms with Gasteiger partial charge in [-0.3, -0.25) is 5.26 Å². The van der Waals surface area contributed by atoms with Crippen LogP contribution in [0.15, 0.2) is 68.0 Å². The summed E-state index contributed by atoms with van der Waals surface area (Å²) in [6.07, 6.45) is 7.91. The van der Waals surface area contributed by atoms with Crippen LogP contribution < -0.4 is 10.4 Å². The Balaban J connectivity index is 1.79. The van der Waals surface area contributed by atoms with Gasteiger partial charge in [-0.05, 0) is 51.5 Å². The number of allylic oxidation sites excluding steroid dienone is 2. The highest BCUT2D eigenvalue weighted by Gasteiger charge is 2.14. The van der Waals surface area contributed by atoms with Crippen molar-refractivity contribution >= 4 is 21.9 Å². The summed E-state index contributed by atoms with van der Waals surface area (Å²) in [6.45, 7) is 5.79. The van der Waals surface area contributed by atoms with Gasteiger partial charge >= 0.3 is 5.63 Å². The van der Waals surface area contributed by atoms with Gasteiger partial charge in [0, 0.05) is 16.8 Å². The normalized spacial score (nSPS) is 13.1. The molecule has 0 saturated heterocycles. The van der Waals surface area contributed by atoms with E-state index >= 15 is 0 Å². The van der Waals surface area contributed by atoms with Crippen LogP contribution in [-0.2, 0) is 4.89 Å². The van der Waals surface area contributed by atoms with Gasteiger partial charge in [-0.15, -0.1) is 0 Å². The van der Waals surface area contributed by atoms with Gasteiger partial charge in [-0.25, -0.2) is 9.68 Å². The van der Waals surface area contributed by atoms with Crippen molar-refractivity contribution in [3.8, 4) is 5.75 Å². The molecular formula is C21H22O6. The Morgan fingerprint density at radius 1 is 1.22 bits per heavy atom. The second-order valence-electron chi connectivity index (χ2n) is 6.88. The van der Waals surface area contributed by atoms with E-state index in [4.69, 9.17) is 18.8 Å². The van der Waals surface area contributed by atoms with Gasteiger partial charge in [-0.2, -0.15) is 0 Å². The van der Waals surface area contributed by atoms with E-state index in [0.29, 0.717) is 29.9 Å². The van der Waals surface area contributed by atoms with Crippen molar-refractivity contribution in [1.82, 2.24) is 0 Å². The first-order valence-corrected chi connectivity index (χ1v) is 8.62. The lowest BCUT2D eigenvalue weighted by atomic mass is 10.1. The molecule has 142 valence electrons. The summed E-state index contributed by atoms with van der Waals surface area (Å²) >= 11 is 0. The second-order valence-corrected chi connectivity index (χ2v) is 6.88. The maximum Gasteiger partial charge on any atom is 0.336 e. The number of hydrogen-bond acceptors (Lipinski definition) is 6. The summed E-state index contributed by atoms with van der Waals surface area (Å²) in [5.41, 5.74) is 0.839. The van der Waals surface area contributed by atoms with E-state index in [0.717, 1.165) is 16.3 Å². The van der Waals surface area contributed by atoms with Crippen molar-refractivity contribution in [2.75, 3.05) is 6.61 Å². The molecule has 27 heavy (non-hydrogen) atoms. The SMILES string of the molecule is C/C(=C\COc1c2occc2cc2ccc(=O)oc12)C/C=C/C(C)(C)OO. The molecule has 0 bridgehead atoms. The molecule has 0 saturated carbocycles. The molecule has 0 aliphatic heterocycles. The largest absolute Gasteiger partial charge is 0.482 e. The lowest BCUT2D eigenvalue weighted by molar-refractivity contribution is -0.297. The molecular weight excluding hydrogens is 348 g/mol. The molecule has 3 aromatic rings. The number of furan rings is 1. The van der Waals surface area contributed by atoms with Crippen LogP contribution in [0.5, 0.6) is 5.75 Å². The fourth-order valence-electron chi connectivity index (χ4n) is 2.65. The van der Waals surface area contributed by atoms with Crippen LogP contribution in [0.2, 0.25) is 0 Å². The first kappa shape index (κ1) is 18.9. The van der Waals surface area contributed by atoms with Crippen molar-refractivity contribution in [2.24, 2.45) is 0 Å². The molecule has 2 aromatic heterocycles. The van der Waals surface area contributed by atoms with E-state index < -0.39 is 11.2 Å². The molecule has 1 N–H and O–H groups in total. The molecule has 0 radical (unpaired) electrons. The maximum absolute atomic E-state index is 11.6. The van der Waals surface area contributed by atoms with Gasteiger partial charge in [0.2, 0.25) is 5.75 Å². The minimum atomic E-state index is -0.720. The van der Waals surface area contributed by atoms with Gasteiger partial charge in [0.05, 0.1) is 6.26 Å². The topological polar surface area (TPSA) is 82.0 Å². The number of benzene rings is 1. The van der Waals surface area contributed by atoms with Crippen LogP contribution in [0.3, 0.4) is 0 Å². The third kappa shape index (κ3) is 4.48. The molecule has 0 spiro atoms. The zero-order chi connectivity index (χ0) is 19.4. The molecule has 0 amide bonds. The van der Waals surface area contributed by atoms with Crippen LogP contribution in [0, 0.1) is 0 Å². The van der Waals surface area contributed by atoms with E-state index in [1.54, 1.807) is 32.3 Å². The van der Waals surface area contributed by atoms with Crippen molar-refractivity contribution in [3.05, 3.63) is 64.7 Å². The lowest BCUT2D eigenvalue weighted by Gasteiger charge is -2.14. The Hall–Kier alpha value is -2.83. The molecule has 2 heterocycles. The monoisotopic (exact) mass is 370 g/mol. The average molecular weight is 370 g/mol. The van der Waals surface area contributed by atoms with Crippen LogP contribution in [0.25, 0.3) is 21.9 Å². The van der Waals surface area contributed by atoms with Crippen LogP contribution in [0.4, 0.5) is 0 Å². The van der Waals surface area contributed by atoms with Crippen LogP contribution in [0.1, 0.15) is 27.2 Å². The first-order valence-electron chi connectivity index (χ1n) is 8.62. The van der Waals surface area contributed by atoms with Crippen LogP contribution >= 0.6 is 0 Å². The fourth-order valence-corrected chi connectivity index (χ4v) is 2.65. The summed E-state index contributed by atoms with van der Waals surface area (Å²) in [5, 5.41) is 10.4. The van der Waals surface area contributed by atoms with Gasteiger partial charge in [0.15, 0.2) is 11.2 Å². The third-order valence-electron chi connectivity index (χ3n) is 4.14. The number of rotatable bonds is 7. The number of ether oxygens (including phenoxy) is 1. The summed E-state index contributed by atoms with van der Waals surface area (Å²) in [4.78, 5) is 16.0. The van der Waals surface area contributed by atoms with E-state index in [9.17, 15) is 4.79 Å². The predicted octanol–water partition coefficient (Wildman–Crippen LogP) is 5.08. The highest BCUT2D eigenvalue weighted by atomic mass is 17.1. The molecule has 6 nitrogen and oxygen atoms in total. The van der Waals surface area contributed by atoms with E-state index in [1.807, 2.05) is 31.2 Å². The van der Waals surface area contributed by atoms with E-state index in [2.05, 4.69) is 4.89 Å². The van der Waals surface area contributed by atoms with Crippen molar-refractivity contribution in [2.45, 2.75) is 32.8 Å². The maximum atomic E-state index is 11.6. The Morgan fingerprint density at radius 3 is 2.78 bits per heavy atom. The number of fused-ring (bicyclic) bond motifs is 2. The first-order chi connectivity index (χ1) is 12.9. The smallest absolute Gasteiger partial charge is 0.336 e. The quantitative estimate of drug-likeness (QED) is 0.270. The van der Waals surface area contributed by atoms with E-state index in [-0.39, 0.29) is 0 Å². The Morgan fingerprint density at radius 2 is 2.00 bits per heavy atom. The van der Waals surface area contributed by atoms with Crippen LogP contribution in [-0.4, -0.2) is 17.5 Å². The minimum absolute atomic E-state index is 0.299. The van der Waals surface area contributed by atoms with E-state index in [1.165, 1.54) is 6.07 Å². The second kappa shape index (κ2) is 7.82. The van der Waals surface area contributed by atoms with Gasteiger partial charge in [-0.1, -0.05) is 17.7 Å². The zero-order valence-corrected chi connectivity index (χ0v) is 15.5. The molecule has 1 aromatic carbocycles. The zero-order valence-electron chi connectivity index (χ0n) is 15.5. The van der Waals surface area contributed by atoms with Crippen molar-refractivity contribution in [1.29, 1.82) is 0 Å². The van der Waals surface area contributed by atoms with Gasteiger partial charge < -0.3 is 13.6 Å². The summed E-state index contributed by atoms with van der Waals surface area (Å²) < 4.78 is 16.7. The van der Waals surface area contributed by atoms with Crippen molar-refractivity contribution in [3.63, 3.8) is 0 Å². The Bertz CT molecular complexity index is 1050. The van der Waals surface area contributed by atoms with Gasteiger partial charge in [0.25, 0.3) is 0 Å². The molecule has 3 rings (SSSR count). The summed E-state index contributed by atoms with van der Waals surface area (Å²) in [6, 6.07) is 6.81. The predicted molar refractivity (Wildman–Crippen MR) is 103 cm³/mol. The summed E-state index contributed by atoms with van der Waals surface area (Å²) in [5.74, 6) is 0.416. The third-order valence-corrected chi connectivity index (χ3v) is 4.14. The molecule has 0 aliphatic rings.